The van der Waals surface area contributed by atoms with E-state index in [2.05, 4.69) is 5.32 Å². The van der Waals surface area contributed by atoms with Gasteiger partial charge in [-0.3, -0.25) is 0 Å². The number of hydrogen-bond acceptors (Lipinski definition) is 2. The van der Waals surface area contributed by atoms with Crippen LogP contribution in [-0.4, -0.2) is 19.2 Å². The fourth-order valence-corrected chi connectivity index (χ4v) is 1.43. The molecule has 16 heavy (non-hydrogen) atoms. The van der Waals surface area contributed by atoms with Crippen molar-refractivity contribution in [3.05, 3.63) is 29.8 Å². The zero-order valence-corrected chi connectivity index (χ0v) is 8.55. The van der Waals surface area contributed by atoms with Gasteiger partial charge in [-0.05, 0) is 37.2 Å². The van der Waals surface area contributed by atoms with E-state index in [1.807, 2.05) is 0 Å². The highest BCUT2D eigenvalue weighted by molar-refractivity contribution is 5.28. The molecule has 1 saturated heterocycles. The smallest absolute Gasteiger partial charge is 0.416 e. The highest BCUT2D eigenvalue weighted by atomic mass is 19.4. The SMILES string of the molecule is FC(F)(F)c1ccc(OCC2CCN2)cc1. The van der Waals surface area contributed by atoms with Gasteiger partial charge in [0.25, 0.3) is 0 Å². The summed E-state index contributed by atoms with van der Waals surface area (Å²) in [6.45, 7) is 1.49. The van der Waals surface area contributed by atoms with E-state index in [0.717, 1.165) is 25.1 Å². The quantitative estimate of drug-likeness (QED) is 0.862. The molecule has 1 aliphatic rings. The van der Waals surface area contributed by atoms with Gasteiger partial charge in [0.2, 0.25) is 0 Å². The summed E-state index contributed by atoms with van der Waals surface area (Å²) in [5.74, 6) is 0.474. The highest BCUT2D eigenvalue weighted by Crippen LogP contribution is 2.30. The van der Waals surface area contributed by atoms with Crippen LogP contribution in [0.3, 0.4) is 0 Å². The van der Waals surface area contributed by atoms with Crippen LogP contribution in [0.4, 0.5) is 13.2 Å². The van der Waals surface area contributed by atoms with E-state index in [1.165, 1.54) is 12.1 Å². The van der Waals surface area contributed by atoms with Gasteiger partial charge in [-0.25, -0.2) is 0 Å². The molecule has 0 amide bonds. The van der Waals surface area contributed by atoms with Crippen molar-refractivity contribution in [2.75, 3.05) is 13.2 Å². The van der Waals surface area contributed by atoms with Crippen LogP contribution in [-0.2, 0) is 6.18 Å². The minimum absolute atomic E-state index is 0.335. The Morgan fingerprint density at radius 3 is 2.31 bits per heavy atom. The summed E-state index contributed by atoms with van der Waals surface area (Å²) in [6.07, 6.45) is -3.23. The zero-order valence-electron chi connectivity index (χ0n) is 8.55. The molecule has 0 radical (unpaired) electrons. The van der Waals surface area contributed by atoms with Crippen LogP contribution < -0.4 is 10.1 Å². The van der Waals surface area contributed by atoms with Gasteiger partial charge in [0, 0.05) is 6.04 Å². The van der Waals surface area contributed by atoms with Gasteiger partial charge >= 0.3 is 6.18 Å². The van der Waals surface area contributed by atoms with Crippen LogP contribution >= 0.6 is 0 Å². The van der Waals surface area contributed by atoms with Gasteiger partial charge in [0.1, 0.15) is 12.4 Å². The maximum Gasteiger partial charge on any atom is 0.416 e. The maximum atomic E-state index is 12.2. The summed E-state index contributed by atoms with van der Waals surface area (Å²) in [5, 5.41) is 3.15. The Balaban J connectivity index is 1.91. The Hall–Kier alpha value is -1.23. The predicted molar refractivity (Wildman–Crippen MR) is 53.3 cm³/mol. The molecule has 2 nitrogen and oxygen atoms in total. The lowest BCUT2D eigenvalue weighted by molar-refractivity contribution is -0.137. The van der Waals surface area contributed by atoms with Gasteiger partial charge in [0.15, 0.2) is 0 Å². The van der Waals surface area contributed by atoms with Crippen molar-refractivity contribution in [2.24, 2.45) is 0 Å². The average Bonchev–Trinajstić information content (AvgIpc) is 2.15. The number of hydrogen-bond donors (Lipinski definition) is 1. The second-order valence-electron chi connectivity index (χ2n) is 3.77. The molecule has 0 aromatic heterocycles. The van der Waals surface area contributed by atoms with Crippen LogP contribution in [0.25, 0.3) is 0 Å². The van der Waals surface area contributed by atoms with Gasteiger partial charge in [-0.2, -0.15) is 13.2 Å². The van der Waals surface area contributed by atoms with Crippen molar-refractivity contribution in [2.45, 2.75) is 18.6 Å². The molecule has 0 spiro atoms. The molecule has 1 unspecified atom stereocenters. The molecule has 0 bridgehead atoms. The molecule has 1 heterocycles. The first kappa shape index (κ1) is 11.3. The monoisotopic (exact) mass is 231 g/mol. The van der Waals surface area contributed by atoms with E-state index >= 15 is 0 Å². The predicted octanol–water partition coefficient (Wildman–Crippen LogP) is 2.45. The first-order valence-electron chi connectivity index (χ1n) is 5.09. The van der Waals surface area contributed by atoms with Gasteiger partial charge in [-0.15, -0.1) is 0 Å². The largest absolute Gasteiger partial charge is 0.492 e. The van der Waals surface area contributed by atoms with E-state index in [-0.39, 0.29) is 0 Å². The fourth-order valence-electron chi connectivity index (χ4n) is 1.43. The van der Waals surface area contributed by atoms with E-state index in [9.17, 15) is 13.2 Å². The summed E-state index contributed by atoms with van der Waals surface area (Å²) in [6, 6.07) is 5.10. The zero-order chi connectivity index (χ0) is 11.6. The van der Waals surface area contributed by atoms with Gasteiger partial charge in [0.05, 0.1) is 5.56 Å². The lowest BCUT2D eigenvalue weighted by Gasteiger charge is -2.27. The lowest BCUT2D eigenvalue weighted by Crippen LogP contribution is -2.46. The van der Waals surface area contributed by atoms with Crippen molar-refractivity contribution < 1.29 is 17.9 Å². The first-order valence-corrected chi connectivity index (χ1v) is 5.09. The van der Waals surface area contributed by atoms with Crippen molar-refractivity contribution >= 4 is 0 Å². The van der Waals surface area contributed by atoms with E-state index in [0.29, 0.717) is 18.4 Å². The number of alkyl halides is 3. The molecule has 2 rings (SSSR count). The minimum atomic E-state index is -4.28. The summed E-state index contributed by atoms with van der Waals surface area (Å²) in [4.78, 5) is 0. The molecule has 1 aromatic carbocycles. The van der Waals surface area contributed by atoms with Crippen LogP contribution in [0, 0.1) is 0 Å². The molecular formula is C11H12F3NO. The topological polar surface area (TPSA) is 21.3 Å². The Bertz CT molecular complexity index is 343. The van der Waals surface area contributed by atoms with Crippen LogP contribution in [0.1, 0.15) is 12.0 Å². The van der Waals surface area contributed by atoms with Crippen molar-refractivity contribution in [1.82, 2.24) is 5.32 Å². The van der Waals surface area contributed by atoms with E-state index < -0.39 is 11.7 Å². The summed E-state index contributed by atoms with van der Waals surface area (Å²) in [7, 11) is 0. The average molecular weight is 231 g/mol. The number of nitrogens with one attached hydrogen (secondary N) is 1. The highest BCUT2D eigenvalue weighted by Gasteiger charge is 2.30. The maximum absolute atomic E-state index is 12.2. The molecular weight excluding hydrogens is 219 g/mol. The Labute approximate surface area is 91.4 Å². The second kappa shape index (κ2) is 4.33. The third-order valence-electron chi connectivity index (χ3n) is 2.56. The first-order chi connectivity index (χ1) is 7.55. The number of benzene rings is 1. The molecule has 0 aliphatic carbocycles. The Morgan fingerprint density at radius 1 is 1.25 bits per heavy atom. The molecule has 1 N–H and O–H groups in total. The van der Waals surface area contributed by atoms with Crippen LogP contribution in [0.2, 0.25) is 0 Å². The lowest BCUT2D eigenvalue weighted by atomic mass is 10.1. The number of ether oxygens (including phenoxy) is 1. The van der Waals surface area contributed by atoms with Crippen molar-refractivity contribution in [1.29, 1.82) is 0 Å². The summed E-state index contributed by atoms with van der Waals surface area (Å²) < 4.78 is 42.1. The second-order valence-corrected chi connectivity index (χ2v) is 3.77. The van der Waals surface area contributed by atoms with Gasteiger partial charge in [-0.1, -0.05) is 0 Å². The normalized spacial score (nSPS) is 20.3. The molecule has 88 valence electrons. The Morgan fingerprint density at radius 2 is 1.88 bits per heavy atom. The van der Waals surface area contributed by atoms with Crippen LogP contribution in [0.15, 0.2) is 24.3 Å². The molecule has 1 fully saturated rings. The van der Waals surface area contributed by atoms with Crippen molar-refractivity contribution in [3.63, 3.8) is 0 Å². The molecule has 1 atom stereocenters. The molecule has 0 saturated carbocycles. The third kappa shape index (κ3) is 2.66. The minimum Gasteiger partial charge on any atom is -0.492 e. The summed E-state index contributed by atoms with van der Waals surface area (Å²) in [5.41, 5.74) is -0.651. The van der Waals surface area contributed by atoms with E-state index in [1.54, 1.807) is 0 Å². The summed E-state index contributed by atoms with van der Waals surface area (Å²) >= 11 is 0. The molecule has 1 aromatic rings. The Kier molecular flexibility index (Phi) is 3.05. The standard InChI is InChI=1S/C11H12F3NO/c12-11(13,14)8-1-3-10(4-2-8)16-7-9-5-6-15-9/h1-4,9,15H,5-7H2. The third-order valence-corrected chi connectivity index (χ3v) is 2.56. The van der Waals surface area contributed by atoms with E-state index in [4.69, 9.17) is 4.74 Å². The fraction of sp³-hybridized carbons (Fsp3) is 0.455. The van der Waals surface area contributed by atoms with Crippen LogP contribution in [0.5, 0.6) is 5.75 Å². The van der Waals surface area contributed by atoms with Gasteiger partial charge < -0.3 is 10.1 Å². The van der Waals surface area contributed by atoms with Crippen molar-refractivity contribution in [3.8, 4) is 5.75 Å². The molecule has 5 heteroatoms. The number of halogens is 3. The molecule has 1 aliphatic heterocycles. The number of rotatable bonds is 3.